The fourth-order valence-electron chi connectivity index (χ4n) is 5.43. The Morgan fingerprint density at radius 1 is 1.12 bits per heavy atom. The van der Waals surface area contributed by atoms with E-state index in [1.807, 2.05) is 0 Å². The Bertz CT molecular complexity index is 948. The third-order valence-corrected chi connectivity index (χ3v) is 7.20. The van der Waals surface area contributed by atoms with Gasteiger partial charge in [0.25, 0.3) is 5.91 Å². The average Bonchev–Trinajstić information content (AvgIpc) is 3.14. The minimum absolute atomic E-state index is 0.0345. The number of carbonyl (C=O) groups excluding carboxylic acids is 3. The predicted octanol–water partition coefficient (Wildman–Crippen LogP) is 1.45. The van der Waals surface area contributed by atoms with Crippen LogP contribution in [0.1, 0.15) is 60.0 Å². The molecule has 1 unspecified atom stereocenters. The zero-order valence-electron chi connectivity index (χ0n) is 18.6. The summed E-state index contributed by atoms with van der Waals surface area (Å²) in [5, 5.41) is 5.93. The van der Waals surface area contributed by atoms with Gasteiger partial charge in [-0.2, -0.15) is 0 Å². The highest BCUT2D eigenvalue weighted by molar-refractivity contribution is 6.05. The van der Waals surface area contributed by atoms with E-state index in [-0.39, 0.29) is 49.4 Å². The van der Waals surface area contributed by atoms with Crippen molar-refractivity contribution in [3.05, 3.63) is 34.6 Å². The molecule has 0 bridgehead atoms. The summed E-state index contributed by atoms with van der Waals surface area (Å²) in [6.07, 6.45) is 4.71. The standard InChI is InChI=1S/C24H30FN3O5/c25-22-14(11-20-18(4-2-10-33-20)26-15-3-1-9-32-13-15)5-6-16-17(22)12-28(24(16)31)19-7-8-21(29)27-23(19)30/h5-6,15,18-20,26H,1-4,7-13H2,(H,27,29,30)/t15-,18+,19?,20-/m1/s1. The van der Waals surface area contributed by atoms with E-state index in [0.717, 1.165) is 32.3 Å². The SMILES string of the molecule is O=C1CCC(N2Cc3c(ccc(C[C@H]4OCCC[C@@H]4N[C@@H]4CCCOC4)c3F)C2=O)C(=O)N1. The fourth-order valence-corrected chi connectivity index (χ4v) is 5.43. The van der Waals surface area contributed by atoms with Gasteiger partial charge in [0.05, 0.1) is 19.3 Å². The lowest BCUT2D eigenvalue weighted by Crippen LogP contribution is -2.52. The lowest BCUT2D eigenvalue weighted by atomic mass is 9.93. The molecule has 0 saturated carbocycles. The quantitative estimate of drug-likeness (QED) is 0.647. The van der Waals surface area contributed by atoms with Crippen molar-refractivity contribution in [2.24, 2.45) is 0 Å². The molecule has 4 atom stereocenters. The topological polar surface area (TPSA) is 97.0 Å². The maximum Gasteiger partial charge on any atom is 0.255 e. The van der Waals surface area contributed by atoms with Gasteiger partial charge < -0.3 is 19.7 Å². The van der Waals surface area contributed by atoms with Crippen molar-refractivity contribution in [3.8, 4) is 0 Å². The molecule has 33 heavy (non-hydrogen) atoms. The number of imide groups is 1. The minimum Gasteiger partial charge on any atom is -0.380 e. The summed E-state index contributed by atoms with van der Waals surface area (Å²) in [5.74, 6) is -1.60. The van der Waals surface area contributed by atoms with Gasteiger partial charge in [-0.1, -0.05) is 6.07 Å². The number of hydrogen-bond donors (Lipinski definition) is 2. The molecule has 0 aliphatic carbocycles. The van der Waals surface area contributed by atoms with Gasteiger partial charge >= 0.3 is 0 Å². The molecule has 1 aromatic carbocycles. The van der Waals surface area contributed by atoms with Gasteiger partial charge in [-0.3, -0.25) is 19.7 Å². The van der Waals surface area contributed by atoms with Crippen LogP contribution in [0.4, 0.5) is 4.39 Å². The van der Waals surface area contributed by atoms with Crippen LogP contribution in [0.25, 0.3) is 0 Å². The van der Waals surface area contributed by atoms with Crippen molar-refractivity contribution in [2.45, 2.75) is 75.7 Å². The van der Waals surface area contributed by atoms with E-state index in [4.69, 9.17) is 9.47 Å². The lowest BCUT2D eigenvalue weighted by Gasteiger charge is -2.36. The normalized spacial score (nSPS) is 30.3. The Morgan fingerprint density at radius 3 is 2.76 bits per heavy atom. The number of carbonyl (C=O) groups is 3. The van der Waals surface area contributed by atoms with Gasteiger partial charge in [0, 0.05) is 49.3 Å². The Kier molecular flexibility index (Phi) is 6.44. The van der Waals surface area contributed by atoms with Crippen molar-refractivity contribution >= 4 is 17.7 Å². The van der Waals surface area contributed by atoms with Gasteiger partial charge in [0.2, 0.25) is 11.8 Å². The molecule has 3 fully saturated rings. The molecule has 3 amide bonds. The first-order chi connectivity index (χ1) is 16.0. The summed E-state index contributed by atoms with van der Waals surface area (Å²) in [7, 11) is 0. The smallest absolute Gasteiger partial charge is 0.255 e. The molecule has 0 spiro atoms. The number of piperidine rings is 1. The second-order valence-electron chi connectivity index (χ2n) is 9.41. The molecular formula is C24H30FN3O5. The highest BCUT2D eigenvalue weighted by Crippen LogP contribution is 2.32. The fraction of sp³-hybridized carbons (Fsp3) is 0.625. The maximum atomic E-state index is 15.6. The first kappa shape index (κ1) is 22.4. The van der Waals surface area contributed by atoms with Gasteiger partial charge in [-0.05, 0) is 43.7 Å². The molecule has 2 N–H and O–H groups in total. The predicted molar refractivity (Wildman–Crippen MR) is 116 cm³/mol. The molecule has 1 aromatic rings. The highest BCUT2D eigenvalue weighted by Gasteiger charge is 2.41. The number of ether oxygens (including phenoxy) is 2. The molecule has 9 heteroatoms. The van der Waals surface area contributed by atoms with Crippen LogP contribution in [-0.4, -0.2) is 66.7 Å². The Balaban J connectivity index is 1.30. The Labute approximate surface area is 192 Å². The molecule has 4 aliphatic heterocycles. The largest absolute Gasteiger partial charge is 0.380 e. The van der Waals surface area contributed by atoms with Crippen LogP contribution in [-0.2, 0) is 32.0 Å². The monoisotopic (exact) mass is 459 g/mol. The van der Waals surface area contributed by atoms with Crippen LogP contribution in [0.15, 0.2) is 12.1 Å². The number of fused-ring (bicyclic) bond motifs is 1. The molecule has 0 aromatic heterocycles. The van der Waals surface area contributed by atoms with Crippen LogP contribution in [0.5, 0.6) is 0 Å². The number of hydrogen-bond acceptors (Lipinski definition) is 6. The summed E-state index contributed by atoms with van der Waals surface area (Å²) in [6, 6.07) is 2.98. The molecule has 0 radical (unpaired) electrons. The third-order valence-electron chi connectivity index (χ3n) is 7.20. The minimum atomic E-state index is -0.751. The first-order valence-corrected chi connectivity index (χ1v) is 11.9. The van der Waals surface area contributed by atoms with E-state index in [1.54, 1.807) is 12.1 Å². The summed E-state index contributed by atoms with van der Waals surface area (Å²) in [5.41, 5.74) is 1.13. The van der Waals surface area contributed by atoms with Gasteiger partial charge in [-0.15, -0.1) is 0 Å². The van der Waals surface area contributed by atoms with Crippen LogP contribution in [0.3, 0.4) is 0 Å². The molecule has 178 valence electrons. The van der Waals surface area contributed by atoms with Crippen LogP contribution in [0.2, 0.25) is 0 Å². The van der Waals surface area contributed by atoms with Crippen molar-refractivity contribution in [2.75, 3.05) is 19.8 Å². The second-order valence-corrected chi connectivity index (χ2v) is 9.41. The number of nitrogens with zero attached hydrogens (tertiary/aromatic N) is 1. The molecule has 4 aliphatic rings. The third kappa shape index (κ3) is 4.54. The lowest BCUT2D eigenvalue weighted by molar-refractivity contribution is -0.136. The Morgan fingerprint density at radius 2 is 1.97 bits per heavy atom. The van der Waals surface area contributed by atoms with Gasteiger partial charge in [0.15, 0.2) is 0 Å². The zero-order chi connectivity index (χ0) is 22.9. The van der Waals surface area contributed by atoms with E-state index in [0.29, 0.717) is 36.3 Å². The van der Waals surface area contributed by atoms with E-state index in [9.17, 15) is 14.4 Å². The first-order valence-electron chi connectivity index (χ1n) is 11.9. The summed E-state index contributed by atoms with van der Waals surface area (Å²) in [6.45, 7) is 2.18. The number of nitrogens with one attached hydrogen (secondary N) is 2. The highest BCUT2D eigenvalue weighted by atomic mass is 19.1. The zero-order valence-corrected chi connectivity index (χ0v) is 18.6. The average molecular weight is 460 g/mol. The summed E-state index contributed by atoms with van der Waals surface area (Å²) < 4.78 is 27.2. The van der Waals surface area contributed by atoms with Gasteiger partial charge in [0.1, 0.15) is 11.9 Å². The molecular weight excluding hydrogens is 429 g/mol. The van der Waals surface area contributed by atoms with Crippen molar-refractivity contribution in [1.82, 2.24) is 15.5 Å². The number of amides is 3. The van der Waals surface area contributed by atoms with Crippen molar-refractivity contribution in [1.29, 1.82) is 0 Å². The Hall–Kier alpha value is -2.36. The van der Waals surface area contributed by atoms with Crippen LogP contribution in [0, 0.1) is 5.82 Å². The van der Waals surface area contributed by atoms with Gasteiger partial charge in [-0.25, -0.2) is 4.39 Å². The molecule has 5 rings (SSSR count). The molecule has 8 nitrogen and oxygen atoms in total. The summed E-state index contributed by atoms with van der Waals surface area (Å²) in [4.78, 5) is 38.0. The number of rotatable bonds is 5. The molecule has 4 heterocycles. The summed E-state index contributed by atoms with van der Waals surface area (Å²) >= 11 is 0. The van der Waals surface area contributed by atoms with Crippen LogP contribution < -0.4 is 10.6 Å². The molecule has 3 saturated heterocycles. The second kappa shape index (κ2) is 9.48. The van der Waals surface area contributed by atoms with E-state index >= 15 is 4.39 Å². The number of benzene rings is 1. The van der Waals surface area contributed by atoms with Crippen LogP contribution >= 0.6 is 0 Å². The van der Waals surface area contributed by atoms with Crippen molar-refractivity contribution in [3.63, 3.8) is 0 Å². The van der Waals surface area contributed by atoms with Crippen molar-refractivity contribution < 1.29 is 28.2 Å². The number of halogens is 1. The van der Waals surface area contributed by atoms with E-state index in [2.05, 4.69) is 10.6 Å². The van der Waals surface area contributed by atoms with E-state index in [1.165, 1.54) is 4.90 Å². The maximum absolute atomic E-state index is 15.6. The van der Waals surface area contributed by atoms with E-state index < -0.39 is 17.8 Å².